The normalized spacial score (nSPS) is 17.8. The number of hydrogen-bond donors (Lipinski definition) is 3. The quantitative estimate of drug-likeness (QED) is 0.573. The molecule has 0 saturated carbocycles. The van der Waals surface area contributed by atoms with E-state index in [1.54, 1.807) is 13.8 Å². The Morgan fingerprint density at radius 2 is 1.54 bits per heavy atom. The van der Waals surface area contributed by atoms with Crippen molar-refractivity contribution in [2.45, 2.75) is 45.3 Å². The van der Waals surface area contributed by atoms with Gasteiger partial charge < -0.3 is 15.3 Å². The molecule has 0 rings (SSSR count). The van der Waals surface area contributed by atoms with Crippen molar-refractivity contribution in [3.8, 4) is 0 Å². The van der Waals surface area contributed by atoms with E-state index in [0.29, 0.717) is 12.8 Å². The largest absolute Gasteiger partial charge is 0.481 e. The average Bonchev–Trinajstić information content (AvgIpc) is 1.80. The number of carboxylic acids is 1. The summed E-state index contributed by atoms with van der Waals surface area (Å²) in [4.78, 5) is 10.4. The molecule has 2 unspecified atom stereocenters. The summed E-state index contributed by atoms with van der Waals surface area (Å²) in [6.07, 6.45) is -0.157. The molecule has 0 aromatic rings. The molecule has 13 heavy (non-hydrogen) atoms. The van der Waals surface area contributed by atoms with E-state index in [9.17, 15) is 4.79 Å². The first-order chi connectivity index (χ1) is 5.91. The van der Waals surface area contributed by atoms with Crippen LogP contribution >= 0.6 is 0 Å². The molecule has 0 heterocycles. The second-order valence-corrected chi connectivity index (χ2v) is 3.63. The van der Waals surface area contributed by atoms with Crippen molar-refractivity contribution in [1.29, 1.82) is 0 Å². The van der Waals surface area contributed by atoms with Crippen LogP contribution in [0, 0.1) is 5.92 Å². The van der Waals surface area contributed by atoms with Gasteiger partial charge in [-0.25, -0.2) is 0 Å². The Labute approximate surface area is 78.2 Å². The van der Waals surface area contributed by atoms with Crippen molar-refractivity contribution in [3.63, 3.8) is 0 Å². The van der Waals surface area contributed by atoms with Crippen LogP contribution in [0.15, 0.2) is 0 Å². The zero-order chi connectivity index (χ0) is 10.4. The lowest BCUT2D eigenvalue weighted by Gasteiger charge is -2.17. The molecule has 0 aromatic heterocycles. The molecule has 4 heteroatoms. The predicted molar refractivity (Wildman–Crippen MR) is 48.3 cm³/mol. The Hall–Kier alpha value is -0.610. The molecule has 2 atom stereocenters. The monoisotopic (exact) mass is 190 g/mol. The summed E-state index contributed by atoms with van der Waals surface area (Å²) in [7, 11) is 0. The van der Waals surface area contributed by atoms with Crippen LogP contribution in [0.5, 0.6) is 0 Å². The second kappa shape index (κ2) is 5.94. The van der Waals surface area contributed by atoms with E-state index >= 15 is 0 Å². The molecule has 0 fully saturated rings. The number of hydrogen-bond acceptors (Lipinski definition) is 3. The molecule has 0 aliphatic carbocycles. The van der Waals surface area contributed by atoms with Crippen LogP contribution in [0.4, 0.5) is 0 Å². The van der Waals surface area contributed by atoms with E-state index in [4.69, 9.17) is 15.3 Å². The maximum atomic E-state index is 10.4. The summed E-state index contributed by atoms with van der Waals surface area (Å²) in [5, 5.41) is 26.7. The van der Waals surface area contributed by atoms with E-state index in [-0.39, 0.29) is 12.3 Å². The molecule has 0 amide bonds. The summed E-state index contributed by atoms with van der Waals surface area (Å²) >= 11 is 0. The molecular weight excluding hydrogens is 172 g/mol. The first-order valence-corrected chi connectivity index (χ1v) is 4.49. The number of carboxylic acid groups (broad SMARTS) is 1. The van der Waals surface area contributed by atoms with Crippen molar-refractivity contribution in [2.24, 2.45) is 5.92 Å². The lowest BCUT2D eigenvalue weighted by Crippen LogP contribution is -2.18. The van der Waals surface area contributed by atoms with E-state index < -0.39 is 18.2 Å². The van der Waals surface area contributed by atoms with Gasteiger partial charge in [-0.2, -0.15) is 0 Å². The Morgan fingerprint density at radius 1 is 1.15 bits per heavy atom. The summed E-state index contributed by atoms with van der Waals surface area (Å²) in [6.45, 7) is 3.24. The van der Waals surface area contributed by atoms with Gasteiger partial charge >= 0.3 is 5.97 Å². The van der Waals surface area contributed by atoms with E-state index in [2.05, 4.69) is 0 Å². The molecule has 0 aliphatic rings. The topological polar surface area (TPSA) is 77.8 Å². The third kappa shape index (κ3) is 7.74. The van der Waals surface area contributed by atoms with Gasteiger partial charge in [0.1, 0.15) is 0 Å². The van der Waals surface area contributed by atoms with Crippen molar-refractivity contribution in [1.82, 2.24) is 0 Å². The summed E-state index contributed by atoms with van der Waals surface area (Å²) in [5.41, 5.74) is 0. The highest BCUT2D eigenvalue weighted by atomic mass is 16.4. The van der Waals surface area contributed by atoms with Crippen LogP contribution in [-0.4, -0.2) is 33.5 Å². The Balaban J connectivity index is 3.95. The molecule has 0 saturated heterocycles. The lowest BCUT2D eigenvalue weighted by molar-refractivity contribution is -0.138. The maximum Gasteiger partial charge on any atom is 0.303 e. The summed E-state index contributed by atoms with van der Waals surface area (Å²) in [5.74, 6) is -1.02. The zero-order valence-corrected chi connectivity index (χ0v) is 8.10. The van der Waals surface area contributed by atoms with E-state index in [1.165, 1.54) is 0 Å². The molecule has 0 spiro atoms. The minimum absolute atomic E-state index is 0.00972. The number of rotatable bonds is 6. The minimum atomic E-state index is -0.883. The third-order valence-electron chi connectivity index (χ3n) is 1.81. The molecule has 0 bridgehead atoms. The van der Waals surface area contributed by atoms with Crippen LogP contribution in [0.25, 0.3) is 0 Å². The van der Waals surface area contributed by atoms with Gasteiger partial charge in [-0.1, -0.05) is 0 Å². The fraction of sp³-hybridized carbons (Fsp3) is 0.889. The molecule has 0 radical (unpaired) electrons. The minimum Gasteiger partial charge on any atom is -0.481 e. The van der Waals surface area contributed by atoms with Gasteiger partial charge in [0.15, 0.2) is 0 Å². The van der Waals surface area contributed by atoms with Gasteiger partial charge in [0.25, 0.3) is 0 Å². The summed E-state index contributed by atoms with van der Waals surface area (Å²) < 4.78 is 0. The fourth-order valence-corrected chi connectivity index (χ4v) is 1.47. The van der Waals surface area contributed by atoms with E-state index in [1.807, 2.05) is 0 Å². The van der Waals surface area contributed by atoms with E-state index in [0.717, 1.165) is 0 Å². The Bertz CT molecular complexity index is 144. The molecule has 78 valence electrons. The smallest absolute Gasteiger partial charge is 0.303 e. The summed E-state index contributed by atoms with van der Waals surface area (Å²) in [6, 6.07) is 0. The number of aliphatic carboxylic acids is 1. The Kier molecular flexibility index (Phi) is 5.66. The maximum absolute atomic E-state index is 10.4. The highest BCUT2D eigenvalue weighted by Crippen LogP contribution is 2.17. The number of aliphatic hydroxyl groups excluding tert-OH is 2. The molecule has 0 aliphatic heterocycles. The lowest BCUT2D eigenvalue weighted by atomic mass is 9.93. The van der Waals surface area contributed by atoms with Crippen LogP contribution in [-0.2, 0) is 4.79 Å². The van der Waals surface area contributed by atoms with Crippen molar-refractivity contribution in [2.75, 3.05) is 0 Å². The highest BCUT2D eigenvalue weighted by molar-refractivity contribution is 5.67. The van der Waals surface area contributed by atoms with Gasteiger partial charge in [-0.15, -0.1) is 0 Å². The zero-order valence-electron chi connectivity index (χ0n) is 8.10. The van der Waals surface area contributed by atoms with Crippen molar-refractivity contribution < 1.29 is 20.1 Å². The van der Waals surface area contributed by atoms with Gasteiger partial charge in [-0.05, 0) is 32.6 Å². The number of carbonyl (C=O) groups is 1. The van der Waals surface area contributed by atoms with Crippen LogP contribution in [0.2, 0.25) is 0 Å². The third-order valence-corrected chi connectivity index (χ3v) is 1.81. The SMILES string of the molecule is CC(O)CC(CC(=O)O)CC(C)O. The molecule has 0 aromatic carbocycles. The highest BCUT2D eigenvalue weighted by Gasteiger charge is 2.17. The van der Waals surface area contributed by atoms with Crippen molar-refractivity contribution >= 4 is 5.97 Å². The van der Waals surface area contributed by atoms with Gasteiger partial charge in [0, 0.05) is 6.42 Å². The molecular formula is C9H18O4. The second-order valence-electron chi connectivity index (χ2n) is 3.63. The molecule has 3 N–H and O–H groups in total. The average molecular weight is 190 g/mol. The standard InChI is InChI=1S/C9H18O4/c1-6(10)3-8(4-7(2)11)5-9(12)13/h6-8,10-11H,3-5H2,1-2H3,(H,12,13). The Morgan fingerprint density at radius 3 is 1.77 bits per heavy atom. The molecule has 4 nitrogen and oxygen atoms in total. The van der Waals surface area contributed by atoms with Gasteiger partial charge in [0.05, 0.1) is 12.2 Å². The van der Waals surface area contributed by atoms with Crippen LogP contribution < -0.4 is 0 Å². The number of aliphatic hydroxyl groups is 2. The van der Waals surface area contributed by atoms with Crippen molar-refractivity contribution in [3.05, 3.63) is 0 Å². The van der Waals surface area contributed by atoms with Gasteiger partial charge in [-0.3, -0.25) is 4.79 Å². The van der Waals surface area contributed by atoms with Gasteiger partial charge in [0.2, 0.25) is 0 Å². The fourth-order valence-electron chi connectivity index (χ4n) is 1.47. The van der Waals surface area contributed by atoms with Crippen LogP contribution in [0.3, 0.4) is 0 Å². The van der Waals surface area contributed by atoms with Crippen LogP contribution in [0.1, 0.15) is 33.1 Å². The first-order valence-electron chi connectivity index (χ1n) is 4.49. The first kappa shape index (κ1) is 12.4. The predicted octanol–water partition coefficient (Wildman–Crippen LogP) is 0.619.